The molecule has 6 nitrogen and oxygen atoms in total. The maximum absolute atomic E-state index is 12.7. The summed E-state index contributed by atoms with van der Waals surface area (Å²) in [5.41, 5.74) is 2.37. The minimum Gasteiger partial charge on any atom is -0.481 e. The molecule has 2 heterocycles. The van der Waals surface area contributed by atoms with E-state index in [9.17, 15) is 9.59 Å². The van der Waals surface area contributed by atoms with Crippen LogP contribution >= 0.6 is 0 Å². The quantitative estimate of drug-likeness (QED) is 0.933. The highest BCUT2D eigenvalue weighted by molar-refractivity contribution is 5.97. The van der Waals surface area contributed by atoms with Gasteiger partial charge in [0.1, 0.15) is 0 Å². The Kier molecular flexibility index (Phi) is 4.74. The van der Waals surface area contributed by atoms with Crippen molar-refractivity contribution < 1.29 is 14.3 Å². The van der Waals surface area contributed by atoms with Gasteiger partial charge in [0.25, 0.3) is 5.91 Å². The third-order valence-corrected chi connectivity index (χ3v) is 3.94. The Morgan fingerprint density at radius 3 is 2.88 bits per heavy atom. The van der Waals surface area contributed by atoms with E-state index in [4.69, 9.17) is 4.74 Å². The predicted octanol–water partition coefficient (Wildman–Crippen LogP) is 1.72. The number of hydrogen-bond donors (Lipinski definition) is 1. The topological polar surface area (TPSA) is 71.5 Å². The number of rotatable bonds is 3. The lowest BCUT2D eigenvalue weighted by Gasteiger charge is -2.19. The maximum Gasteiger partial charge on any atom is 0.254 e. The molecule has 0 spiro atoms. The Bertz CT molecular complexity index is 743. The van der Waals surface area contributed by atoms with Crippen molar-refractivity contribution in [2.24, 2.45) is 0 Å². The van der Waals surface area contributed by atoms with Crippen molar-refractivity contribution in [2.45, 2.75) is 6.42 Å². The Labute approximate surface area is 140 Å². The first-order valence-electron chi connectivity index (χ1n) is 7.84. The number of amides is 2. The molecular formula is C18H19N3O3. The van der Waals surface area contributed by atoms with Crippen LogP contribution in [-0.2, 0) is 4.79 Å². The molecule has 0 radical (unpaired) electrons. The molecule has 1 aliphatic heterocycles. The number of carbonyl (C=O) groups excluding carboxylic acids is 2. The van der Waals surface area contributed by atoms with Gasteiger partial charge in [-0.15, -0.1) is 0 Å². The predicted molar refractivity (Wildman–Crippen MR) is 89.8 cm³/mol. The van der Waals surface area contributed by atoms with Crippen LogP contribution in [-0.4, -0.2) is 48.4 Å². The summed E-state index contributed by atoms with van der Waals surface area (Å²) in [6.45, 7) is 1.29. The third kappa shape index (κ3) is 3.53. The Balaban J connectivity index is 1.83. The summed E-state index contributed by atoms with van der Waals surface area (Å²) < 4.78 is 5.06. The number of nitrogens with one attached hydrogen (secondary N) is 1. The monoisotopic (exact) mass is 325 g/mol. The van der Waals surface area contributed by atoms with Crippen LogP contribution in [0.4, 0.5) is 0 Å². The number of ether oxygens (including phenoxy) is 1. The van der Waals surface area contributed by atoms with Gasteiger partial charge in [-0.1, -0.05) is 12.1 Å². The van der Waals surface area contributed by atoms with Gasteiger partial charge in [-0.3, -0.25) is 9.59 Å². The van der Waals surface area contributed by atoms with Gasteiger partial charge < -0.3 is 15.0 Å². The van der Waals surface area contributed by atoms with Crippen LogP contribution in [0.15, 0.2) is 42.6 Å². The molecule has 0 unspecified atom stereocenters. The minimum atomic E-state index is -0.129. The molecule has 0 atom stereocenters. The van der Waals surface area contributed by atoms with Gasteiger partial charge in [0.15, 0.2) is 0 Å². The molecule has 1 aromatic heterocycles. The average molecular weight is 325 g/mol. The van der Waals surface area contributed by atoms with Gasteiger partial charge in [0.05, 0.1) is 13.7 Å². The van der Waals surface area contributed by atoms with Crippen LogP contribution in [0, 0.1) is 0 Å². The zero-order chi connectivity index (χ0) is 16.9. The zero-order valence-electron chi connectivity index (χ0n) is 13.5. The lowest BCUT2D eigenvalue weighted by Crippen LogP contribution is -2.37. The van der Waals surface area contributed by atoms with Crippen molar-refractivity contribution >= 4 is 11.8 Å². The molecule has 0 aliphatic carbocycles. The van der Waals surface area contributed by atoms with Crippen molar-refractivity contribution in [3.8, 4) is 17.0 Å². The van der Waals surface area contributed by atoms with Gasteiger partial charge in [0.2, 0.25) is 11.8 Å². The second kappa shape index (κ2) is 7.12. The largest absolute Gasteiger partial charge is 0.481 e. The molecule has 24 heavy (non-hydrogen) atoms. The second-order valence-electron chi connectivity index (χ2n) is 5.60. The molecule has 124 valence electrons. The van der Waals surface area contributed by atoms with Gasteiger partial charge >= 0.3 is 0 Å². The SMILES string of the molecule is COc1ccc(-c2cccc(C(=O)N3CCCNC(=O)C3)c2)cn1. The summed E-state index contributed by atoms with van der Waals surface area (Å²) in [6, 6.07) is 11.0. The van der Waals surface area contributed by atoms with Crippen LogP contribution in [0.3, 0.4) is 0 Å². The lowest BCUT2D eigenvalue weighted by atomic mass is 10.0. The Morgan fingerprint density at radius 2 is 2.12 bits per heavy atom. The lowest BCUT2D eigenvalue weighted by molar-refractivity contribution is -0.121. The normalized spacial score (nSPS) is 14.7. The first-order chi connectivity index (χ1) is 11.7. The van der Waals surface area contributed by atoms with E-state index in [0.29, 0.717) is 24.5 Å². The van der Waals surface area contributed by atoms with Crippen LogP contribution in [0.5, 0.6) is 5.88 Å². The molecule has 0 bridgehead atoms. The zero-order valence-corrected chi connectivity index (χ0v) is 13.5. The van der Waals surface area contributed by atoms with Crippen molar-refractivity contribution in [1.82, 2.24) is 15.2 Å². The van der Waals surface area contributed by atoms with Crippen molar-refractivity contribution in [3.63, 3.8) is 0 Å². The van der Waals surface area contributed by atoms with Gasteiger partial charge in [-0.25, -0.2) is 4.98 Å². The summed E-state index contributed by atoms with van der Waals surface area (Å²) in [6.07, 6.45) is 2.47. The molecule has 2 aromatic rings. The van der Waals surface area contributed by atoms with Crippen LogP contribution in [0.25, 0.3) is 11.1 Å². The molecule has 1 aliphatic rings. The summed E-state index contributed by atoms with van der Waals surface area (Å²) in [5, 5.41) is 2.78. The Morgan fingerprint density at radius 1 is 1.25 bits per heavy atom. The fourth-order valence-electron chi connectivity index (χ4n) is 2.67. The van der Waals surface area contributed by atoms with Crippen LogP contribution in [0.1, 0.15) is 16.8 Å². The molecule has 2 amide bonds. The molecule has 1 N–H and O–H groups in total. The summed E-state index contributed by atoms with van der Waals surface area (Å²) in [5.74, 6) is 0.299. The van der Waals surface area contributed by atoms with E-state index in [1.165, 1.54) is 0 Å². The third-order valence-electron chi connectivity index (χ3n) is 3.94. The van der Waals surface area contributed by atoms with Crippen LogP contribution < -0.4 is 10.1 Å². The molecule has 3 rings (SSSR count). The van der Waals surface area contributed by atoms with E-state index in [1.807, 2.05) is 24.3 Å². The average Bonchev–Trinajstić information content (AvgIpc) is 2.86. The van der Waals surface area contributed by atoms with E-state index in [2.05, 4.69) is 10.3 Å². The maximum atomic E-state index is 12.7. The minimum absolute atomic E-state index is 0.104. The summed E-state index contributed by atoms with van der Waals surface area (Å²) in [4.78, 5) is 30.1. The van der Waals surface area contributed by atoms with Gasteiger partial charge in [-0.2, -0.15) is 0 Å². The molecular weight excluding hydrogens is 306 g/mol. The van der Waals surface area contributed by atoms with Gasteiger partial charge in [0, 0.05) is 36.5 Å². The van der Waals surface area contributed by atoms with Crippen LogP contribution in [0.2, 0.25) is 0 Å². The number of benzene rings is 1. The number of nitrogens with zero attached hydrogens (tertiary/aromatic N) is 2. The standard InChI is InChI=1S/C18H19N3O3/c1-24-17-7-6-15(11-20-17)13-4-2-5-14(10-13)18(23)21-9-3-8-19-16(22)12-21/h2,4-7,10-11H,3,8-9,12H2,1H3,(H,19,22). The molecule has 1 fully saturated rings. The van der Waals surface area contributed by atoms with E-state index >= 15 is 0 Å². The number of carbonyl (C=O) groups is 2. The molecule has 1 saturated heterocycles. The smallest absolute Gasteiger partial charge is 0.254 e. The van der Waals surface area contributed by atoms with Crippen molar-refractivity contribution in [2.75, 3.05) is 26.7 Å². The van der Waals surface area contributed by atoms with E-state index in [1.54, 1.807) is 30.3 Å². The highest BCUT2D eigenvalue weighted by Gasteiger charge is 2.21. The van der Waals surface area contributed by atoms with E-state index < -0.39 is 0 Å². The number of methoxy groups -OCH3 is 1. The van der Waals surface area contributed by atoms with Gasteiger partial charge in [-0.05, 0) is 30.2 Å². The molecule has 6 heteroatoms. The van der Waals surface area contributed by atoms with E-state index in [-0.39, 0.29) is 18.4 Å². The summed E-state index contributed by atoms with van der Waals surface area (Å²) in [7, 11) is 1.57. The van der Waals surface area contributed by atoms with Crippen molar-refractivity contribution in [1.29, 1.82) is 0 Å². The fourth-order valence-corrected chi connectivity index (χ4v) is 2.67. The molecule has 1 aromatic carbocycles. The number of pyridine rings is 1. The first kappa shape index (κ1) is 16.0. The van der Waals surface area contributed by atoms with Crippen molar-refractivity contribution in [3.05, 3.63) is 48.2 Å². The van der Waals surface area contributed by atoms with E-state index in [0.717, 1.165) is 17.5 Å². The number of hydrogen-bond acceptors (Lipinski definition) is 4. The number of aromatic nitrogens is 1. The highest BCUT2D eigenvalue weighted by atomic mass is 16.5. The molecule has 0 saturated carbocycles. The summed E-state index contributed by atoms with van der Waals surface area (Å²) >= 11 is 0. The second-order valence-corrected chi connectivity index (χ2v) is 5.60. The Hall–Kier alpha value is -2.89. The fraction of sp³-hybridized carbons (Fsp3) is 0.278. The first-order valence-corrected chi connectivity index (χ1v) is 7.84. The highest BCUT2D eigenvalue weighted by Crippen LogP contribution is 2.22.